The van der Waals surface area contributed by atoms with E-state index in [1.54, 1.807) is 6.08 Å². The fourth-order valence-corrected chi connectivity index (χ4v) is 9.72. The highest BCUT2D eigenvalue weighted by Gasteiger charge is 2.27. The first kappa shape index (κ1) is 67.0. The number of likely N-dealkylation sites (N-methyl/N-ethyl adjacent to an activating group) is 1. The van der Waals surface area contributed by atoms with E-state index in [2.05, 4.69) is 31.3 Å². The fraction of sp³-hybridized carbons (Fsp3) is 0.915. The minimum Gasteiger partial charge on any atom is -0.387 e. The molecule has 0 saturated carbocycles. The van der Waals surface area contributed by atoms with Gasteiger partial charge in [-0.3, -0.25) is 13.8 Å². The molecule has 3 unspecified atom stereocenters. The number of unbranched alkanes of at least 4 members (excludes halogenated alkanes) is 40. The molecule has 0 saturated heterocycles. The summed E-state index contributed by atoms with van der Waals surface area (Å²) in [6.07, 6.45) is 64.4. The van der Waals surface area contributed by atoms with Gasteiger partial charge in [0.15, 0.2) is 0 Å². The third-order valence-corrected chi connectivity index (χ3v) is 14.6. The lowest BCUT2D eigenvalue weighted by molar-refractivity contribution is -0.870. The highest BCUT2D eigenvalue weighted by Crippen LogP contribution is 2.43. The van der Waals surface area contributed by atoms with E-state index in [1.165, 1.54) is 238 Å². The van der Waals surface area contributed by atoms with Crippen LogP contribution in [0.4, 0.5) is 0 Å². The van der Waals surface area contributed by atoms with Crippen molar-refractivity contribution in [1.82, 2.24) is 5.32 Å². The minimum absolute atomic E-state index is 0.0637. The molecule has 0 bridgehead atoms. The van der Waals surface area contributed by atoms with E-state index in [-0.39, 0.29) is 19.1 Å². The molecule has 0 aromatic rings. The predicted molar refractivity (Wildman–Crippen MR) is 295 cm³/mol. The lowest BCUT2D eigenvalue weighted by Gasteiger charge is -2.25. The molecule has 3 atom stereocenters. The number of nitrogens with one attached hydrogen (secondary N) is 1. The number of nitrogens with zero attached hydrogens (tertiary/aromatic N) is 1. The van der Waals surface area contributed by atoms with Crippen LogP contribution in [0.5, 0.6) is 0 Å². The molecule has 9 heteroatoms. The average molecular weight is 983 g/mol. The number of aliphatic hydroxyl groups is 1. The molecule has 0 spiro atoms. The molecule has 0 fully saturated rings. The van der Waals surface area contributed by atoms with Crippen LogP contribution in [0.2, 0.25) is 0 Å². The second kappa shape index (κ2) is 50.9. The summed E-state index contributed by atoms with van der Waals surface area (Å²) >= 11 is 0. The van der Waals surface area contributed by atoms with Crippen LogP contribution in [0, 0.1) is 0 Å². The molecule has 8 nitrogen and oxygen atoms in total. The van der Waals surface area contributed by atoms with Crippen LogP contribution in [-0.4, -0.2) is 73.4 Å². The van der Waals surface area contributed by atoms with Gasteiger partial charge >= 0.3 is 7.82 Å². The van der Waals surface area contributed by atoms with Gasteiger partial charge in [0.2, 0.25) is 5.91 Å². The number of hydrogen-bond donors (Lipinski definition) is 3. The van der Waals surface area contributed by atoms with E-state index in [1.807, 2.05) is 27.2 Å². The molecule has 404 valence electrons. The van der Waals surface area contributed by atoms with Crippen LogP contribution in [0.25, 0.3) is 0 Å². The van der Waals surface area contributed by atoms with Crippen molar-refractivity contribution in [1.29, 1.82) is 0 Å². The average Bonchev–Trinajstić information content (AvgIpc) is 3.30. The smallest absolute Gasteiger partial charge is 0.387 e. The molecule has 0 aromatic heterocycles. The van der Waals surface area contributed by atoms with Crippen molar-refractivity contribution in [3.05, 3.63) is 24.3 Å². The van der Waals surface area contributed by atoms with Crippen molar-refractivity contribution >= 4 is 13.7 Å². The zero-order valence-electron chi connectivity index (χ0n) is 46.1. The zero-order chi connectivity index (χ0) is 49.9. The van der Waals surface area contributed by atoms with E-state index < -0.39 is 20.0 Å². The summed E-state index contributed by atoms with van der Waals surface area (Å²) in [5, 5.41) is 13.9. The first-order chi connectivity index (χ1) is 33.0. The third kappa shape index (κ3) is 52.8. The number of allylic oxidation sites excluding steroid dienone is 3. The Balaban J connectivity index is 3.97. The van der Waals surface area contributed by atoms with Crippen LogP contribution in [-0.2, 0) is 18.4 Å². The molecule has 1 amide bonds. The molecular formula is C59H118N2O6P+. The Morgan fingerprint density at radius 1 is 0.485 bits per heavy atom. The summed E-state index contributed by atoms with van der Waals surface area (Å²) in [6.45, 7) is 4.84. The van der Waals surface area contributed by atoms with Crippen molar-refractivity contribution in [2.45, 2.75) is 309 Å². The zero-order valence-corrected chi connectivity index (χ0v) is 47.0. The van der Waals surface area contributed by atoms with Crippen LogP contribution >= 0.6 is 7.82 Å². The van der Waals surface area contributed by atoms with Crippen LogP contribution in [0.3, 0.4) is 0 Å². The Morgan fingerprint density at radius 3 is 1.13 bits per heavy atom. The van der Waals surface area contributed by atoms with Gasteiger partial charge in [-0.15, -0.1) is 0 Å². The topological polar surface area (TPSA) is 105 Å². The van der Waals surface area contributed by atoms with E-state index in [0.29, 0.717) is 17.4 Å². The number of aliphatic hydroxyl groups excluding tert-OH is 1. The number of phosphoric acid groups is 1. The van der Waals surface area contributed by atoms with Gasteiger partial charge in [0, 0.05) is 6.42 Å². The Labute approximate surface area is 424 Å². The van der Waals surface area contributed by atoms with Gasteiger partial charge in [-0.25, -0.2) is 4.57 Å². The quantitative estimate of drug-likeness (QED) is 0.0243. The molecular weight excluding hydrogens is 864 g/mol. The van der Waals surface area contributed by atoms with Crippen LogP contribution in [0.15, 0.2) is 24.3 Å². The van der Waals surface area contributed by atoms with Gasteiger partial charge in [-0.05, 0) is 44.9 Å². The summed E-state index contributed by atoms with van der Waals surface area (Å²) in [5.41, 5.74) is 0. The van der Waals surface area contributed by atoms with Gasteiger partial charge in [-0.1, -0.05) is 269 Å². The molecule has 0 aliphatic rings. The number of quaternary nitrogens is 1. The normalized spacial score (nSPS) is 14.0. The summed E-state index contributed by atoms with van der Waals surface area (Å²) in [6, 6.07) is -0.843. The molecule has 68 heavy (non-hydrogen) atoms. The number of phosphoric ester groups is 1. The highest BCUT2D eigenvalue weighted by molar-refractivity contribution is 7.47. The molecule has 0 aliphatic heterocycles. The first-order valence-electron chi connectivity index (χ1n) is 29.7. The largest absolute Gasteiger partial charge is 0.472 e. The summed E-state index contributed by atoms with van der Waals surface area (Å²) in [7, 11) is 1.58. The molecule has 0 aromatic carbocycles. The predicted octanol–water partition coefficient (Wildman–Crippen LogP) is 18.0. The maximum Gasteiger partial charge on any atom is 0.472 e. The molecule has 0 heterocycles. The SMILES string of the molecule is CCCCCCCCCCCCC/C=C/C(O)C(COP(=O)(O)OCC[N+](C)(C)C)NC(=O)CCCCCCCCCCCCCCCCCCC/C=C\CCCCCCCCCCCCCC. The Kier molecular flexibility index (Phi) is 50.1. The van der Waals surface area contributed by atoms with Gasteiger partial charge < -0.3 is 19.8 Å². The van der Waals surface area contributed by atoms with Crippen molar-refractivity contribution in [2.75, 3.05) is 40.9 Å². The van der Waals surface area contributed by atoms with E-state index in [9.17, 15) is 19.4 Å². The second-order valence-electron chi connectivity index (χ2n) is 21.7. The van der Waals surface area contributed by atoms with Crippen molar-refractivity contribution < 1.29 is 32.9 Å². The Bertz CT molecular complexity index is 1160. The van der Waals surface area contributed by atoms with Crippen LogP contribution < -0.4 is 5.32 Å². The summed E-state index contributed by atoms with van der Waals surface area (Å²) < 4.78 is 23.7. The summed E-state index contributed by atoms with van der Waals surface area (Å²) in [4.78, 5) is 23.3. The second-order valence-corrected chi connectivity index (χ2v) is 23.2. The number of hydrogen-bond acceptors (Lipinski definition) is 5. The monoisotopic (exact) mass is 982 g/mol. The maximum atomic E-state index is 13.0. The van der Waals surface area contributed by atoms with Gasteiger partial charge in [-0.2, -0.15) is 0 Å². The van der Waals surface area contributed by atoms with E-state index in [4.69, 9.17) is 9.05 Å². The molecule has 0 radical (unpaired) electrons. The molecule has 0 rings (SSSR count). The number of rotatable bonds is 55. The van der Waals surface area contributed by atoms with E-state index >= 15 is 0 Å². The standard InChI is InChI=1S/C59H117N2O6P/c1-6-8-10-12-14-16-18-20-21-22-23-24-25-26-27-28-29-30-31-32-33-34-35-36-37-38-39-41-43-45-47-49-51-53-59(63)60-57(56-67-68(64,65)66-55-54-61(3,4)5)58(62)52-50-48-46-44-42-40-19-17-15-13-11-9-7-2/h26-27,50,52,57-58,62H,6-25,28-49,51,53-56H2,1-5H3,(H-,60,63,64,65)/p+1/b27-26-,52-50+. The van der Waals surface area contributed by atoms with Gasteiger partial charge in [0.05, 0.1) is 39.9 Å². The Hall–Kier alpha value is -1.02. The summed E-state index contributed by atoms with van der Waals surface area (Å²) in [5.74, 6) is -0.173. The highest BCUT2D eigenvalue weighted by atomic mass is 31.2. The number of amides is 1. The molecule has 0 aliphatic carbocycles. The third-order valence-electron chi connectivity index (χ3n) is 13.7. The van der Waals surface area contributed by atoms with Crippen LogP contribution in [0.1, 0.15) is 296 Å². The Morgan fingerprint density at radius 2 is 0.794 bits per heavy atom. The van der Waals surface area contributed by atoms with Crippen molar-refractivity contribution in [3.8, 4) is 0 Å². The minimum atomic E-state index is -4.34. The molecule has 3 N–H and O–H groups in total. The maximum absolute atomic E-state index is 13.0. The van der Waals surface area contributed by atoms with E-state index in [0.717, 1.165) is 38.5 Å². The van der Waals surface area contributed by atoms with Gasteiger partial charge in [0.1, 0.15) is 13.2 Å². The number of carbonyl (C=O) groups is 1. The lowest BCUT2D eigenvalue weighted by atomic mass is 10.0. The van der Waals surface area contributed by atoms with Gasteiger partial charge in [0.25, 0.3) is 0 Å². The van der Waals surface area contributed by atoms with Crippen molar-refractivity contribution in [3.63, 3.8) is 0 Å². The van der Waals surface area contributed by atoms with Crippen molar-refractivity contribution in [2.24, 2.45) is 0 Å². The number of carbonyl (C=O) groups excluding carboxylic acids is 1. The lowest BCUT2D eigenvalue weighted by Crippen LogP contribution is -2.45. The first-order valence-corrected chi connectivity index (χ1v) is 31.2. The fourth-order valence-electron chi connectivity index (χ4n) is 8.98.